The van der Waals surface area contributed by atoms with Gasteiger partial charge in [0.2, 0.25) is 5.95 Å². The monoisotopic (exact) mass is 252 g/mol. The molecule has 0 spiro atoms. The van der Waals surface area contributed by atoms with Gasteiger partial charge in [-0.05, 0) is 31.6 Å². The summed E-state index contributed by atoms with van der Waals surface area (Å²) >= 11 is 0. The highest BCUT2D eigenvalue weighted by molar-refractivity contribution is 5.42. The van der Waals surface area contributed by atoms with Crippen LogP contribution in [0.25, 0.3) is 0 Å². The molecule has 1 aromatic heterocycles. The Morgan fingerprint density at radius 1 is 1.44 bits per heavy atom. The fourth-order valence-electron chi connectivity index (χ4n) is 2.32. The molecular formula is C13H21FN4. The van der Waals surface area contributed by atoms with E-state index in [1.807, 2.05) is 0 Å². The van der Waals surface area contributed by atoms with Crippen LogP contribution in [0.2, 0.25) is 0 Å². The maximum Gasteiger partial charge on any atom is 0.224 e. The van der Waals surface area contributed by atoms with Crippen LogP contribution in [0.3, 0.4) is 0 Å². The Labute approximate surface area is 107 Å². The quantitative estimate of drug-likeness (QED) is 0.845. The number of rotatable bonds is 5. The molecule has 0 saturated heterocycles. The summed E-state index contributed by atoms with van der Waals surface area (Å²) in [5.74, 6) is 1.15. The minimum atomic E-state index is -0.378. The van der Waals surface area contributed by atoms with Crippen molar-refractivity contribution in [3.05, 3.63) is 12.0 Å². The molecule has 1 saturated carbocycles. The predicted octanol–water partition coefficient (Wildman–Crippen LogP) is 3.04. The Morgan fingerprint density at radius 3 is 2.94 bits per heavy atom. The molecule has 5 heteroatoms. The molecule has 1 aromatic rings. The highest BCUT2D eigenvalue weighted by Crippen LogP contribution is 2.27. The first kappa shape index (κ1) is 13.1. The van der Waals surface area contributed by atoms with Crippen molar-refractivity contribution in [2.24, 2.45) is 5.92 Å². The number of halogens is 1. The van der Waals surface area contributed by atoms with E-state index in [1.165, 1.54) is 12.6 Å². The number of hydrogen-bond acceptors (Lipinski definition) is 4. The maximum atomic E-state index is 13.6. The van der Waals surface area contributed by atoms with Crippen LogP contribution in [0.15, 0.2) is 6.20 Å². The van der Waals surface area contributed by atoms with E-state index in [9.17, 15) is 4.39 Å². The largest absolute Gasteiger partial charge is 0.365 e. The first-order chi connectivity index (χ1) is 8.69. The van der Waals surface area contributed by atoms with E-state index in [0.717, 1.165) is 25.8 Å². The van der Waals surface area contributed by atoms with Gasteiger partial charge < -0.3 is 10.6 Å². The second-order valence-electron chi connectivity index (χ2n) is 5.08. The molecule has 0 aliphatic heterocycles. The Morgan fingerprint density at radius 2 is 2.28 bits per heavy atom. The zero-order valence-corrected chi connectivity index (χ0v) is 11.0. The zero-order chi connectivity index (χ0) is 13.0. The lowest BCUT2D eigenvalue weighted by atomic mass is 10.1. The molecule has 1 aliphatic rings. The topological polar surface area (TPSA) is 49.8 Å². The SMILES string of the molecule is CCCNc1ncc(F)c(NC2CCC(C)C2)n1. The number of nitrogens with zero attached hydrogens (tertiary/aromatic N) is 2. The van der Waals surface area contributed by atoms with Gasteiger partial charge in [0.05, 0.1) is 6.20 Å². The van der Waals surface area contributed by atoms with Crippen molar-refractivity contribution in [1.29, 1.82) is 0 Å². The van der Waals surface area contributed by atoms with E-state index in [2.05, 4.69) is 34.4 Å². The normalized spacial score (nSPS) is 23.1. The third-order valence-corrected chi connectivity index (χ3v) is 3.31. The number of aromatic nitrogens is 2. The summed E-state index contributed by atoms with van der Waals surface area (Å²) < 4.78 is 13.6. The van der Waals surface area contributed by atoms with Gasteiger partial charge in [-0.2, -0.15) is 4.98 Å². The summed E-state index contributed by atoms with van der Waals surface area (Å²) in [6, 6.07) is 0.337. The molecule has 1 heterocycles. The Kier molecular flexibility index (Phi) is 4.33. The first-order valence-corrected chi connectivity index (χ1v) is 6.72. The highest BCUT2D eigenvalue weighted by atomic mass is 19.1. The Balaban J connectivity index is 2.01. The van der Waals surface area contributed by atoms with E-state index in [4.69, 9.17) is 0 Å². The fraction of sp³-hybridized carbons (Fsp3) is 0.692. The van der Waals surface area contributed by atoms with Crippen LogP contribution in [0, 0.1) is 11.7 Å². The molecule has 2 atom stereocenters. The third kappa shape index (κ3) is 3.31. The van der Waals surface area contributed by atoms with E-state index < -0.39 is 0 Å². The summed E-state index contributed by atoms with van der Waals surface area (Å²) in [5.41, 5.74) is 0. The van der Waals surface area contributed by atoms with Gasteiger partial charge in [0.1, 0.15) is 0 Å². The minimum Gasteiger partial charge on any atom is -0.365 e. The Hall–Kier alpha value is -1.39. The lowest BCUT2D eigenvalue weighted by molar-refractivity contribution is 0.593. The molecule has 0 amide bonds. The fourth-order valence-corrected chi connectivity index (χ4v) is 2.32. The van der Waals surface area contributed by atoms with E-state index in [1.54, 1.807) is 0 Å². The van der Waals surface area contributed by atoms with Gasteiger partial charge in [0, 0.05) is 12.6 Å². The summed E-state index contributed by atoms with van der Waals surface area (Å²) in [4.78, 5) is 8.12. The molecule has 1 aliphatic carbocycles. The summed E-state index contributed by atoms with van der Waals surface area (Å²) in [5, 5.41) is 6.26. The van der Waals surface area contributed by atoms with Crippen LogP contribution in [-0.4, -0.2) is 22.6 Å². The lowest BCUT2D eigenvalue weighted by Gasteiger charge is -2.14. The lowest BCUT2D eigenvalue weighted by Crippen LogP contribution is -2.18. The van der Waals surface area contributed by atoms with E-state index in [-0.39, 0.29) is 5.82 Å². The van der Waals surface area contributed by atoms with Gasteiger partial charge >= 0.3 is 0 Å². The molecule has 0 bridgehead atoms. The van der Waals surface area contributed by atoms with Gasteiger partial charge in [0.25, 0.3) is 0 Å². The third-order valence-electron chi connectivity index (χ3n) is 3.31. The Bertz CT molecular complexity index is 397. The van der Waals surface area contributed by atoms with Crippen LogP contribution in [0.4, 0.5) is 16.2 Å². The summed E-state index contributed by atoms with van der Waals surface area (Å²) in [6.45, 7) is 5.09. The van der Waals surface area contributed by atoms with Crippen LogP contribution < -0.4 is 10.6 Å². The second-order valence-corrected chi connectivity index (χ2v) is 5.08. The van der Waals surface area contributed by atoms with Gasteiger partial charge in [0.15, 0.2) is 11.6 Å². The highest BCUT2D eigenvalue weighted by Gasteiger charge is 2.22. The van der Waals surface area contributed by atoms with Crippen LogP contribution in [-0.2, 0) is 0 Å². The maximum absolute atomic E-state index is 13.6. The van der Waals surface area contributed by atoms with Crippen LogP contribution >= 0.6 is 0 Å². The molecule has 2 rings (SSSR count). The average molecular weight is 252 g/mol. The molecule has 4 nitrogen and oxygen atoms in total. The molecule has 0 aromatic carbocycles. The van der Waals surface area contributed by atoms with Gasteiger partial charge in [-0.25, -0.2) is 9.37 Å². The van der Waals surface area contributed by atoms with Gasteiger partial charge in [-0.15, -0.1) is 0 Å². The van der Waals surface area contributed by atoms with Crippen molar-refractivity contribution in [2.75, 3.05) is 17.2 Å². The van der Waals surface area contributed by atoms with Crippen LogP contribution in [0.5, 0.6) is 0 Å². The van der Waals surface area contributed by atoms with Crippen LogP contribution in [0.1, 0.15) is 39.5 Å². The second kappa shape index (κ2) is 5.98. The molecule has 2 N–H and O–H groups in total. The average Bonchev–Trinajstić information content (AvgIpc) is 2.76. The summed E-state index contributed by atoms with van der Waals surface area (Å²) in [7, 11) is 0. The standard InChI is InChI=1S/C13H21FN4/c1-3-6-15-13-16-8-11(14)12(18-13)17-10-5-4-9(2)7-10/h8-10H,3-7H2,1-2H3,(H2,15,16,17,18). The number of hydrogen-bond donors (Lipinski definition) is 2. The van der Waals surface area contributed by atoms with Crippen molar-refractivity contribution in [3.63, 3.8) is 0 Å². The molecule has 100 valence electrons. The minimum absolute atomic E-state index is 0.322. The van der Waals surface area contributed by atoms with E-state index >= 15 is 0 Å². The molecule has 1 fully saturated rings. The molecule has 2 unspecified atom stereocenters. The van der Waals surface area contributed by atoms with Gasteiger partial charge in [-0.3, -0.25) is 0 Å². The molecule has 0 radical (unpaired) electrons. The van der Waals surface area contributed by atoms with Crippen molar-refractivity contribution >= 4 is 11.8 Å². The summed E-state index contributed by atoms with van der Waals surface area (Å²) in [6.07, 6.45) is 5.59. The zero-order valence-electron chi connectivity index (χ0n) is 11.0. The predicted molar refractivity (Wildman–Crippen MR) is 71.2 cm³/mol. The van der Waals surface area contributed by atoms with Crippen molar-refractivity contribution < 1.29 is 4.39 Å². The van der Waals surface area contributed by atoms with Crippen molar-refractivity contribution in [3.8, 4) is 0 Å². The molecule has 18 heavy (non-hydrogen) atoms. The number of anilines is 2. The van der Waals surface area contributed by atoms with E-state index in [0.29, 0.717) is 23.7 Å². The first-order valence-electron chi connectivity index (χ1n) is 6.72. The van der Waals surface area contributed by atoms with Crippen molar-refractivity contribution in [1.82, 2.24) is 9.97 Å². The number of nitrogens with one attached hydrogen (secondary N) is 2. The smallest absolute Gasteiger partial charge is 0.224 e. The van der Waals surface area contributed by atoms with Gasteiger partial charge in [-0.1, -0.05) is 13.8 Å². The van der Waals surface area contributed by atoms with Crippen molar-refractivity contribution in [2.45, 2.75) is 45.6 Å². The molecular weight excluding hydrogens is 231 g/mol.